The first-order valence-corrected chi connectivity index (χ1v) is 15.7. The summed E-state index contributed by atoms with van der Waals surface area (Å²) in [6.07, 6.45) is 2.73. The molecule has 236 valence electrons. The van der Waals surface area contributed by atoms with E-state index in [0.717, 1.165) is 27.7 Å². The van der Waals surface area contributed by atoms with Gasteiger partial charge >= 0.3 is 0 Å². The highest BCUT2D eigenvalue weighted by Gasteiger charge is 2.26. The summed E-state index contributed by atoms with van der Waals surface area (Å²) in [5, 5.41) is 10.5. The van der Waals surface area contributed by atoms with Gasteiger partial charge in [0.05, 0.1) is 20.7 Å². The van der Waals surface area contributed by atoms with Gasteiger partial charge in [-0.05, 0) is 42.8 Å². The minimum atomic E-state index is -3.50. The van der Waals surface area contributed by atoms with Crippen molar-refractivity contribution in [2.24, 2.45) is 0 Å². The number of aromatic nitrogens is 3. The Balaban J connectivity index is 1.12. The number of alkyl halides is 1. The van der Waals surface area contributed by atoms with Gasteiger partial charge in [0, 0.05) is 80.4 Å². The second-order valence-electron chi connectivity index (χ2n) is 11.0. The number of halogens is 2. The van der Waals surface area contributed by atoms with Crippen LogP contribution in [0, 0.1) is 17.1 Å². The Hall–Kier alpha value is -4.12. The third-order valence-electron chi connectivity index (χ3n) is 8.35. The predicted molar refractivity (Wildman–Crippen MR) is 173 cm³/mol. The summed E-state index contributed by atoms with van der Waals surface area (Å²) in [4.78, 5) is 32.2. The van der Waals surface area contributed by atoms with E-state index in [4.69, 9.17) is 15.5 Å². The lowest BCUT2D eigenvalue weighted by Gasteiger charge is -2.38. The number of aryl methyl sites for hydroxylation is 1. The van der Waals surface area contributed by atoms with Gasteiger partial charge < -0.3 is 14.7 Å². The molecule has 6 rings (SSSR count). The smallest absolute Gasteiger partial charge is 0.236 e. The Morgan fingerprint density at radius 1 is 1.04 bits per heavy atom. The van der Waals surface area contributed by atoms with Crippen molar-refractivity contribution in [1.29, 1.82) is 5.26 Å². The zero-order chi connectivity index (χ0) is 35.1. The molecule has 1 aromatic carbocycles. The van der Waals surface area contributed by atoms with Crippen molar-refractivity contribution in [3.63, 3.8) is 0 Å². The van der Waals surface area contributed by atoms with Gasteiger partial charge in [-0.3, -0.25) is 19.0 Å². The molecule has 0 bridgehead atoms. The average Bonchev–Trinajstić information content (AvgIpc) is 3.70. The van der Waals surface area contributed by atoms with Gasteiger partial charge in [0.1, 0.15) is 40.5 Å². The molecule has 2 saturated heterocycles. The van der Waals surface area contributed by atoms with Crippen LogP contribution in [0.25, 0.3) is 16.9 Å². The fraction of sp³-hybridized carbons (Fsp3) is 0.438. The van der Waals surface area contributed by atoms with E-state index >= 15 is 0 Å². The summed E-state index contributed by atoms with van der Waals surface area (Å²) in [7, 11) is 1.90. The van der Waals surface area contributed by atoms with Crippen LogP contribution in [-0.2, 0) is 11.2 Å². The zero-order valence-electron chi connectivity index (χ0n) is 29.2. The number of hydrogen-bond donors (Lipinski definition) is 0. The number of carbonyl (C=O) groups excluding carboxylic acids is 1. The molecule has 0 aliphatic carbocycles. The predicted octanol–water partition coefficient (Wildman–Crippen LogP) is 4.03. The van der Waals surface area contributed by atoms with Crippen molar-refractivity contribution >= 4 is 39.5 Å². The van der Waals surface area contributed by atoms with Crippen LogP contribution < -0.4 is 9.80 Å². The molecule has 5 heterocycles. The topological polar surface area (TPSA) is 87.2 Å². The van der Waals surface area contributed by atoms with Crippen molar-refractivity contribution in [3.05, 3.63) is 59.0 Å². The molecular weight excluding hydrogens is 595 g/mol. The number of nitrogens with zero attached hydrogens (tertiary/aromatic N) is 9. The van der Waals surface area contributed by atoms with Gasteiger partial charge in [-0.1, -0.05) is 18.3 Å². The van der Waals surface area contributed by atoms with Gasteiger partial charge in [0.25, 0.3) is 0 Å². The van der Waals surface area contributed by atoms with Crippen molar-refractivity contribution in [2.45, 2.75) is 13.3 Å². The molecular formula is C32H37F2N9OS. The molecule has 1 amide bonds. The number of fused-ring (bicyclic) bond motifs is 1. The van der Waals surface area contributed by atoms with Crippen LogP contribution in [0.5, 0.6) is 0 Å². The Morgan fingerprint density at radius 3 is 2.42 bits per heavy atom. The van der Waals surface area contributed by atoms with Gasteiger partial charge in [-0.2, -0.15) is 5.26 Å². The third-order valence-corrected chi connectivity index (χ3v) is 9.39. The largest absolute Gasteiger partial charge is 0.368 e. The first-order valence-electron chi connectivity index (χ1n) is 16.9. The molecule has 3 aromatic heterocycles. The Morgan fingerprint density at radius 2 is 1.76 bits per heavy atom. The van der Waals surface area contributed by atoms with Gasteiger partial charge in [0.15, 0.2) is 5.13 Å². The monoisotopic (exact) mass is 636 g/mol. The van der Waals surface area contributed by atoms with Crippen molar-refractivity contribution in [1.82, 2.24) is 29.1 Å². The van der Waals surface area contributed by atoms with E-state index in [1.165, 1.54) is 23.5 Å². The van der Waals surface area contributed by atoms with E-state index in [9.17, 15) is 18.8 Å². The second-order valence-corrected chi connectivity index (χ2v) is 12.0. The van der Waals surface area contributed by atoms with Crippen LogP contribution >= 0.6 is 11.3 Å². The standard InChI is InChI=1S/C32H37F2N9OS/c1-3-26-31(38(2)32-37-30(27(20-35)45-32)23-4-6-24(34)7-5-23)43-21-25(8-9-28(43)36-26)41-16-14-40(15-17-41)22-29(44)42-18-12-39(11-10-33)13-19-42/h4-9,21H,3,10-19,22H2,1-2H3/i10D2,11D2,33-1. The molecule has 2 fully saturated rings. The average molecular weight is 637 g/mol. The highest BCUT2D eigenvalue weighted by molar-refractivity contribution is 7.16. The number of imidazole rings is 1. The lowest BCUT2D eigenvalue weighted by molar-refractivity contribution is -0.134. The number of pyridine rings is 1. The molecule has 2 aliphatic heterocycles. The zero-order valence-corrected chi connectivity index (χ0v) is 26.0. The quantitative estimate of drug-likeness (QED) is 0.272. The summed E-state index contributed by atoms with van der Waals surface area (Å²) in [6.45, 7) is -0.768. The fourth-order valence-corrected chi connectivity index (χ4v) is 6.70. The minimum absolute atomic E-state index is 0.0566. The number of piperazine rings is 2. The summed E-state index contributed by atoms with van der Waals surface area (Å²) < 4.78 is 59.4. The maximum atomic E-state index is 13.8. The molecule has 4 aromatic rings. The van der Waals surface area contributed by atoms with E-state index in [1.807, 2.05) is 41.6 Å². The molecule has 0 saturated carbocycles. The molecule has 0 spiro atoms. The van der Waals surface area contributed by atoms with Gasteiger partial charge in [0.2, 0.25) is 5.91 Å². The van der Waals surface area contributed by atoms with Crippen LogP contribution in [0.1, 0.15) is 23.0 Å². The molecule has 13 heteroatoms. The summed E-state index contributed by atoms with van der Waals surface area (Å²) in [6, 6.07) is 12.2. The third kappa shape index (κ3) is 6.49. The van der Waals surface area contributed by atoms with Gasteiger partial charge in [-0.15, -0.1) is 0 Å². The number of rotatable bonds is 9. The highest BCUT2D eigenvalue weighted by atomic mass is 32.1. The maximum Gasteiger partial charge on any atom is 0.236 e. The molecule has 0 N–H and O–H groups in total. The number of amides is 1. The molecule has 0 atom stereocenters. The molecule has 45 heavy (non-hydrogen) atoms. The SMILES string of the molecule is [2H]C([2H])([18F])C([2H])([2H])N1CCN(C(=O)CN2CCN(c3ccc4nc(CC)c(N(C)c5nc(-c6ccc(F)cc6)c(C#N)s5)n4c3)CC2)CC1. The van der Waals surface area contributed by atoms with E-state index in [2.05, 4.69) is 15.9 Å². The lowest BCUT2D eigenvalue weighted by Crippen LogP contribution is -2.54. The number of thiazole rings is 1. The summed E-state index contributed by atoms with van der Waals surface area (Å²) in [5.74, 6) is 0.394. The summed E-state index contributed by atoms with van der Waals surface area (Å²) >= 11 is 1.26. The number of benzene rings is 1. The number of nitriles is 1. The molecule has 2 aliphatic rings. The van der Waals surface area contributed by atoms with Crippen LogP contribution in [-0.4, -0.2) is 114 Å². The maximum absolute atomic E-state index is 13.8. The van der Waals surface area contributed by atoms with E-state index in [-0.39, 0.29) is 44.4 Å². The lowest BCUT2D eigenvalue weighted by atomic mass is 10.1. The number of carbonyl (C=O) groups is 1. The molecule has 0 radical (unpaired) electrons. The van der Waals surface area contributed by atoms with Crippen LogP contribution in [0.15, 0.2) is 42.6 Å². The fourth-order valence-electron chi connectivity index (χ4n) is 5.85. The first-order chi connectivity index (χ1) is 23.3. The first kappa shape index (κ1) is 26.1. The van der Waals surface area contributed by atoms with Crippen molar-refractivity contribution < 1.29 is 19.1 Å². The second kappa shape index (κ2) is 13.5. The number of anilines is 3. The van der Waals surface area contributed by atoms with Crippen LogP contribution in [0.2, 0.25) is 0 Å². The molecule has 0 unspecified atom stereocenters. The Kier molecular flexibility index (Phi) is 7.83. The highest BCUT2D eigenvalue weighted by Crippen LogP contribution is 2.37. The normalized spacial score (nSPS) is 18.3. The Bertz CT molecular complexity index is 1860. The van der Waals surface area contributed by atoms with E-state index in [1.54, 1.807) is 17.0 Å². The van der Waals surface area contributed by atoms with Crippen LogP contribution in [0.3, 0.4) is 0 Å². The van der Waals surface area contributed by atoms with Crippen molar-refractivity contribution in [3.8, 4) is 17.3 Å². The van der Waals surface area contributed by atoms with E-state index < -0.39 is 13.1 Å². The van der Waals surface area contributed by atoms with Crippen LogP contribution in [0.4, 0.5) is 25.4 Å². The summed E-state index contributed by atoms with van der Waals surface area (Å²) in [5.41, 5.74) is 3.82. The molecule has 10 nitrogen and oxygen atoms in total. The number of hydrogen-bond acceptors (Lipinski definition) is 9. The van der Waals surface area contributed by atoms with Gasteiger partial charge in [-0.25, -0.2) is 18.7 Å². The van der Waals surface area contributed by atoms with Crippen molar-refractivity contribution in [2.75, 3.05) is 88.9 Å². The Labute approximate surface area is 271 Å². The minimum Gasteiger partial charge on any atom is -0.368 e. The van der Waals surface area contributed by atoms with E-state index in [0.29, 0.717) is 53.9 Å².